The predicted octanol–water partition coefficient (Wildman–Crippen LogP) is 3.82. The maximum Gasteiger partial charge on any atom is 0.433 e. The van der Waals surface area contributed by atoms with Crippen LogP contribution in [0, 0.1) is 23.2 Å². The lowest BCUT2D eigenvalue weighted by Crippen LogP contribution is -2.19. The fourth-order valence-electron chi connectivity index (χ4n) is 2.60. The van der Waals surface area contributed by atoms with Gasteiger partial charge in [-0.05, 0) is 30.4 Å². The molecule has 1 heterocycles. The second-order valence-corrected chi connectivity index (χ2v) is 5.25. The topological polar surface area (TPSA) is 48.7 Å². The molecule has 108 valence electrons. The van der Waals surface area contributed by atoms with Crippen molar-refractivity contribution in [1.82, 2.24) is 4.98 Å². The van der Waals surface area contributed by atoms with Crippen LogP contribution in [0.2, 0.25) is 0 Å². The molecule has 0 amide bonds. The first kappa shape index (κ1) is 14.6. The number of nitriles is 1. The van der Waals surface area contributed by atoms with Gasteiger partial charge < -0.3 is 5.32 Å². The first-order chi connectivity index (χ1) is 9.41. The van der Waals surface area contributed by atoms with E-state index in [-0.39, 0.29) is 11.4 Å². The lowest BCUT2D eigenvalue weighted by molar-refractivity contribution is -0.141. The molecule has 0 aliphatic heterocycles. The third-order valence-corrected chi connectivity index (χ3v) is 3.88. The summed E-state index contributed by atoms with van der Waals surface area (Å²) in [6, 6.07) is 3.87. The summed E-state index contributed by atoms with van der Waals surface area (Å²) in [5, 5.41) is 11.9. The maximum atomic E-state index is 12.6. The van der Waals surface area contributed by atoms with Crippen molar-refractivity contribution < 1.29 is 13.2 Å². The van der Waals surface area contributed by atoms with E-state index in [2.05, 4.69) is 17.2 Å². The molecule has 0 spiro atoms. The van der Waals surface area contributed by atoms with Crippen LogP contribution in [-0.2, 0) is 6.18 Å². The maximum absolute atomic E-state index is 12.6. The number of aromatic nitrogens is 1. The van der Waals surface area contributed by atoms with E-state index in [1.807, 2.05) is 6.07 Å². The Morgan fingerprint density at radius 3 is 2.70 bits per heavy atom. The van der Waals surface area contributed by atoms with Gasteiger partial charge in [0.25, 0.3) is 0 Å². The zero-order valence-electron chi connectivity index (χ0n) is 11.2. The van der Waals surface area contributed by atoms with Crippen LogP contribution in [0.1, 0.15) is 37.4 Å². The van der Waals surface area contributed by atoms with E-state index >= 15 is 0 Å². The molecule has 1 saturated carbocycles. The van der Waals surface area contributed by atoms with Gasteiger partial charge in [-0.3, -0.25) is 0 Å². The summed E-state index contributed by atoms with van der Waals surface area (Å²) >= 11 is 0. The van der Waals surface area contributed by atoms with Crippen molar-refractivity contribution in [3.05, 3.63) is 23.4 Å². The van der Waals surface area contributed by atoms with Crippen molar-refractivity contribution in [1.29, 1.82) is 5.26 Å². The predicted molar refractivity (Wildman–Crippen MR) is 68.9 cm³/mol. The molecule has 0 bridgehead atoms. The van der Waals surface area contributed by atoms with Crippen molar-refractivity contribution in [3.8, 4) is 6.07 Å². The van der Waals surface area contributed by atoms with E-state index in [1.165, 1.54) is 0 Å². The highest BCUT2D eigenvalue weighted by atomic mass is 19.4. The first-order valence-electron chi connectivity index (χ1n) is 6.64. The zero-order chi connectivity index (χ0) is 14.8. The van der Waals surface area contributed by atoms with Gasteiger partial charge >= 0.3 is 6.18 Å². The standard InChI is InChI=1S/C14H16F3N3/c1-9-3-2-4-11(9)8-19-13-10(7-18)5-6-12(20-13)14(15,16)17/h5-6,9,11H,2-4,8H2,1H3,(H,19,20). The van der Waals surface area contributed by atoms with Crippen molar-refractivity contribution in [2.24, 2.45) is 11.8 Å². The molecule has 2 atom stereocenters. The Hall–Kier alpha value is -1.77. The molecule has 1 aliphatic carbocycles. The summed E-state index contributed by atoms with van der Waals surface area (Å²) in [4.78, 5) is 3.54. The Kier molecular flexibility index (Phi) is 4.17. The van der Waals surface area contributed by atoms with Gasteiger partial charge in [0, 0.05) is 6.54 Å². The van der Waals surface area contributed by atoms with E-state index in [0.29, 0.717) is 18.4 Å². The minimum atomic E-state index is -4.49. The Labute approximate surface area is 115 Å². The monoisotopic (exact) mass is 283 g/mol. The molecule has 1 N–H and O–H groups in total. The number of anilines is 1. The highest BCUT2D eigenvalue weighted by Gasteiger charge is 2.33. The van der Waals surface area contributed by atoms with Crippen LogP contribution in [0.15, 0.2) is 12.1 Å². The molecule has 2 rings (SSSR count). The van der Waals surface area contributed by atoms with Crippen molar-refractivity contribution in [2.75, 3.05) is 11.9 Å². The van der Waals surface area contributed by atoms with E-state index < -0.39 is 11.9 Å². The number of nitrogens with one attached hydrogen (secondary N) is 1. The Bertz CT molecular complexity index is 519. The molecule has 3 nitrogen and oxygen atoms in total. The van der Waals surface area contributed by atoms with E-state index in [9.17, 15) is 13.2 Å². The lowest BCUT2D eigenvalue weighted by Gasteiger charge is -2.17. The molecule has 0 aromatic carbocycles. The Morgan fingerprint density at radius 2 is 2.15 bits per heavy atom. The quantitative estimate of drug-likeness (QED) is 0.917. The Morgan fingerprint density at radius 1 is 1.40 bits per heavy atom. The van der Waals surface area contributed by atoms with Crippen molar-refractivity contribution in [2.45, 2.75) is 32.4 Å². The van der Waals surface area contributed by atoms with Gasteiger partial charge in [-0.15, -0.1) is 0 Å². The fourth-order valence-corrected chi connectivity index (χ4v) is 2.60. The zero-order valence-corrected chi connectivity index (χ0v) is 11.2. The molecule has 0 saturated heterocycles. The van der Waals surface area contributed by atoms with Crippen LogP contribution in [-0.4, -0.2) is 11.5 Å². The first-order valence-corrected chi connectivity index (χ1v) is 6.64. The molecule has 2 unspecified atom stereocenters. The summed E-state index contributed by atoms with van der Waals surface area (Å²) in [6.45, 7) is 2.70. The number of alkyl halides is 3. The SMILES string of the molecule is CC1CCCC1CNc1nc(C(F)(F)F)ccc1C#N. The molecule has 0 radical (unpaired) electrons. The molecule has 6 heteroatoms. The normalized spacial score (nSPS) is 22.6. The summed E-state index contributed by atoms with van der Waals surface area (Å²) < 4.78 is 37.9. The summed E-state index contributed by atoms with van der Waals surface area (Å²) in [7, 11) is 0. The van der Waals surface area contributed by atoms with Gasteiger partial charge in [-0.1, -0.05) is 19.8 Å². The number of hydrogen-bond donors (Lipinski definition) is 1. The molecule has 20 heavy (non-hydrogen) atoms. The second-order valence-electron chi connectivity index (χ2n) is 5.25. The third kappa shape index (κ3) is 3.21. The van der Waals surface area contributed by atoms with Crippen LogP contribution in [0.5, 0.6) is 0 Å². The van der Waals surface area contributed by atoms with Gasteiger partial charge in [0.1, 0.15) is 17.6 Å². The molecular weight excluding hydrogens is 267 g/mol. The van der Waals surface area contributed by atoms with Gasteiger partial charge in [0.15, 0.2) is 0 Å². The molecule has 1 fully saturated rings. The summed E-state index contributed by atoms with van der Waals surface area (Å²) in [6.07, 6.45) is -1.14. The van der Waals surface area contributed by atoms with Gasteiger partial charge in [-0.2, -0.15) is 18.4 Å². The van der Waals surface area contributed by atoms with Crippen LogP contribution in [0.3, 0.4) is 0 Å². The highest BCUT2D eigenvalue weighted by molar-refractivity contribution is 5.52. The number of hydrogen-bond acceptors (Lipinski definition) is 3. The van der Waals surface area contributed by atoms with Gasteiger partial charge in [-0.25, -0.2) is 4.98 Å². The molecule has 1 aromatic rings. The Balaban J connectivity index is 2.15. The number of rotatable bonds is 3. The van der Waals surface area contributed by atoms with Crippen molar-refractivity contribution >= 4 is 5.82 Å². The number of halogens is 3. The van der Waals surface area contributed by atoms with Gasteiger partial charge in [0.2, 0.25) is 0 Å². The number of pyridine rings is 1. The minimum Gasteiger partial charge on any atom is -0.369 e. The van der Waals surface area contributed by atoms with E-state index in [4.69, 9.17) is 5.26 Å². The van der Waals surface area contributed by atoms with Crippen LogP contribution < -0.4 is 5.32 Å². The summed E-state index contributed by atoms with van der Waals surface area (Å²) in [5.41, 5.74) is -0.831. The van der Waals surface area contributed by atoms with Crippen molar-refractivity contribution in [3.63, 3.8) is 0 Å². The molecule has 1 aromatic heterocycles. The molecule has 1 aliphatic rings. The highest BCUT2D eigenvalue weighted by Crippen LogP contribution is 2.32. The smallest absolute Gasteiger partial charge is 0.369 e. The van der Waals surface area contributed by atoms with E-state index in [0.717, 1.165) is 31.4 Å². The second kappa shape index (κ2) is 5.70. The minimum absolute atomic E-state index is 0.0291. The largest absolute Gasteiger partial charge is 0.433 e. The summed E-state index contributed by atoms with van der Waals surface area (Å²) in [5.74, 6) is 1.01. The lowest BCUT2D eigenvalue weighted by atomic mass is 9.98. The average Bonchev–Trinajstić information content (AvgIpc) is 2.80. The van der Waals surface area contributed by atoms with Crippen LogP contribution in [0.25, 0.3) is 0 Å². The average molecular weight is 283 g/mol. The van der Waals surface area contributed by atoms with E-state index in [1.54, 1.807) is 0 Å². The van der Waals surface area contributed by atoms with Crippen LogP contribution >= 0.6 is 0 Å². The van der Waals surface area contributed by atoms with Crippen LogP contribution in [0.4, 0.5) is 19.0 Å². The number of nitrogens with zero attached hydrogens (tertiary/aromatic N) is 2. The molecular formula is C14H16F3N3. The third-order valence-electron chi connectivity index (χ3n) is 3.88. The van der Waals surface area contributed by atoms with Gasteiger partial charge in [0.05, 0.1) is 5.56 Å². The fraction of sp³-hybridized carbons (Fsp3) is 0.571.